The summed E-state index contributed by atoms with van der Waals surface area (Å²) >= 11 is 8.27. The lowest BCUT2D eigenvalue weighted by atomic mass is 10.0. The molecular weight excluding hydrogens is 324 g/mol. The molecule has 17 heavy (non-hydrogen) atoms. The van der Waals surface area contributed by atoms with Crippen LogP contribution in [0.4, 0.5) is 13.2 Å². The Balaban J connectivity index is 3.06. The molecule has 0 fully saturated rings. The van der Waals surface area contributed by atoms with E-state index in [-0.39, 0.29) is 15.9 Å². The number of aliphatic hydroxyl groups is 2. The van der Waals surface area contributed by atoms with Crippen LogP contribution < -0.4 is 0 Å². The van der Waals surface area contributed by atoms with Crippen molar-refractivity contribution in [3.63, 3.8) is 0 Å². The van der Waals surface area contributed by atoms with Crippen LogP contribution in [0.5, 0.6) is 0 Å². The summed E-state index contributed by atoms with van der Waals surface area (Å²) in [5.74, 6) is -0.214. The third kappa shape index (κ3) is 3.58. The molecule has 0 aromatic heterocycles. The summed E-state index contributed by atoms with van der Waals surface area (Å²) in [7, 11) is 0. The summed E-state index contributed by atoms with van der Waals surface area (Å²) in [5, 5.41) is 18.9. The Kier molecular flexibility index (Phi) is 4.83. The van der Waals surface area contributed by atoms with Crippen molar-refractivity contribution in [2.45, 2.75) is 18.4 Å². The molecule has 0 spiro atoms. The van der Waals surface area contributed by atoms with Crippen LogP contribution in [0.3, 0.4) is 0 Å². The number of hydrogen-bond donors (Lipinski definition) is 2. The number of alkyl halides is 4. The van der Waals surface area contributed by atoms with E-state index in [0.717, 1.165) is 18.2 Å². The monoisotopic (exact) mass is 332 g/mol. The Morgan fingerprint density at radius 2 is 1.88 bits per heavy atom. The fraction of sp³-hybridized carbons (Fsp3) is 0.400. The molecule has 0 aliphatic rings. The molecule has 0 heterocycles. The molecule has 0 radical (unpaired) electrons. The summed E-state index contributed by atoms with van der Waals surface area (Å²) in [6, 6.07) is 2.79. The zero-order chi connectivity index (χ0) is 13.2. The Labute approximate surface area is 109 Å². The minimum atomic E-state index is -4.45. The SMILES string of the molecule is OC(CCl)C(O)c1ccc(C(F)(F)F)cc1Br. The maximum Gasteiger partial charge on any atom is 0.416 e. The van der Waals surface area contributed by atoms with Crippen LogP contribution in [-0.4, -0.2) is 22.2 Å². The number of aliphatic hydroxyl groups excluding tert-OH is 2. The Morgan fingerprint density at radius 1 is 1.29 bits per heavy atom. The topological polar surface area (TPSA) is 40.5 Å². The summed E-state index contributed by atoms with van der Waals surface area (Å²) in [4.78, 5) is 0. The van der Waals surface area contributed by atoms with Gasteiger partial charge in [-0.2, -0.15) is 13.2 Å². The zero-order valence-electron chi connectivity index (χ0n) is 8.38. The molecule has 0 saturated carbocycles. The molecule has 2 N–H and O–H groups in total. The van der Waals surface area contributed by atoms with E-state index >= 15 is 0 Å². The van der Waals surface area contributed by atoms with Crippen molar-refractivity contribution in [3.8, 4) is 0 Å². The molecule has 96 valence electrons. The van der Waals surface area contributed by atoms with Crippen molar-refractivity contribution < 1.29 is 23.4 Å². The Bertz CT molecular complexity index is 398. The summed E-state index contributed by atoms with van der Waals surface area (Å²) in [5.41, 5.74) is -0.674. The maximum atomic E-state index is 12.4. The lowest BCUT2D eigenvalue weighted by Gasteiger charge is -2.18. The average molecular weight is 334 g/mol. The van der Waals surface area contributed by atoms with Gasteiger partial charge in [-0.05, 0) is 17.7 Å². The van der Waals surface area contributed by atoms with E-state index in [9.17, 15) is 23.4 Å². The molecule has 0 aliphatic carbocycles. The smallest absolute Gasteiger partial charge is 0.389 e. The fourth-order valence-electron chi connectivity index (χ4n) is 1.23. The molecule has 1 aromatic rings. The standard InChI is InChI=1S/C10H9BrClF3O2/c11-7-3-5(10(13,14)15)1-2-6(7)9(17)8(16)4-12/h1-3,8-9,16-17H,4H2. The average Bonchev–Trinajstić information content (AvgIpc) is 2.25. The van der Waals surface area contributed by atoms with Crippen LogP contribution in [-0.2, 0) is 6.18 Å². The molecule has 1 rings (SSSR count). The van der Waals surface area contributed by atoms with E-state index in [0.29, 0.717) is 0 Å². The van der Waals surface area contributed by atoms with Crippen molar-refractivity contribution in [1.29, 1.82) is 0 Å². The number of hydrogen-bond acceptors (Lipinski definition) is 2. The highest BCUT2D eigenvalue weighted by Gasteiger charge is 2.31. The predicted molar refractivity (Wildman–Crippen MR) is 60.8 cm³/mol. The van der Waals surface area contributed by atoms with Crippen LogP contribution >= 0.6 is 27.5 Å². The van der Waals surface area contributed by atoms with E-state index in [1.807, 2.05) is 0 Å². The first kappa shape index (κ1) is 14.8. The van der Waals surface area contributed by atoms with Gasteiger partial charge in [0.15, 0.2) is 0 Å². The second-order valence-electron chi connectivity index (χ2n) is 3.40. The highest BCUT2D eigenvalue weighted by atomic mass is 79.9. The second-order valence-corrected chi connectivity index (χ2v) is 4.56. The lowest BCUT2D eigenvalue weighted by Crippen LogP contribution is -2.20. The Hall–Kier alpha value is -0.300. The van der Waals surface area contributed by atoms with Gasteiger partial charge in [0.05, 0.1) is 17.5 Å². The highest BCUT2D eigenvalue weighted by molar-refractivity contribution is 9.10. The molecule has 1 aromatic carbocycles. The third-order valence-corrected chi connectivity index (χ3v) is 3.17. The van der Waals surface area contributed by atoms with Crippen molar-refractivity contribution in [3.05, 3.63) is 33.8 Å². The van der Waals surface area contributed by atoms with Crippen LogP contribution in [0.15, 0.2) is 22.7 Å². The summed E-state index contributed by atoms with van der Waals surface area (Å²) < 4.78 is 37.2. The first-order valence-corrected chi connectivity index (χ1v) is 5.89. The second kappa shape index (κ2) is 5.56. The third-order valence-electron chi connectivity index (χ3n) is 2.17. The van der Waals surface area contributed by atoms with Gasteiger partial charge < -0.3 is 10.2 Å². The van der Waals surface area contributed by atoms with Gasteiger partial charge in [-0.25, -0.2) is 0 Å². The molecule has 0 bridgehead atoms. The molecule has 0 saturated heterocycles. The van der Waals surface area contributed by atoms with Gasteiger partial charge in [0.1, 0.15) is 6.10 Å². The minimum absolute atomic E-state index is 0.0731. The first-order chi connectivity index (χ1) is 7.77. The Morgan fingerprint density at radius 3 is 2.29 bits per heavy atom. The quantitative estimate of drug-likeness (QED) is 0.835. The van der Waals surface area contributed by atoms with Crippen LogP contribution in [0.2, 0.25) is 0 Å². The largest absolute Gasteiger partial charge is 0.416 e. The van der Waals surface area contributed by atoms with Crippen LogP contribution in [0.25, 0.3) is 0 Å². The van der Waals surface area contributed by atoms with Gasteiger partial charge in [0.25, 0.3) is 0 Å². The van der Waals surface area contributed by atoms with Gasteiger partial charge in [-0.1, -0.05) is 22.0 Å². The molecule has 2 nitrogen and oxygen atoms in total. The summed E-state index contributed by atoms with van der Waals surface area (Å²) in [6.07, 6.45) is -7.01. The molecule has 0 amide bonds. The highest BCUT2D eigenvalue weighted by Crippen LogP contribution is 2.34. The van der Waals surface area contributed by atoms with Gasteiger partial charge in [-0.15, -0.1) is 11.6 Å². The fourth-order valence-corrected chi connectivity index (χ4v) is 2.02. The van der Waals surface area contributed by atoms with Gasteiger partial charge in [-0.3, -0.25) is 0 Å². The van der Waals surface area contributed by atoms with E-state index in [1.54, 1.807) is 0 Å². The van der Waals surface area contributed by atoms with E-state index in [4.69, 9.17) is 11.6 Å². The van der Waals surface area contributed by atoms with Crippen LogP contribution in [0, 0.1) is 0 Å². The van der Waals surface area contributed by atoms with Gasteiger partial charge in [0, 0.05) is 4.47 Å². The van der Waals surface area contributed by atoms with E-state index < -0.39 is 23.9 Å². The zero-order valence-corrected chi connectivity index (χ0v) is 10.7. The number of rotatable bonds is 3. The molecule has 7 heteroatoms. The number of benzene rings is 1. The van der Waals surface area contributed by atoms with E-state index in [1.165, 1.54) is 0 Å². The van der Waals surface area contributed by atoms with Crippen LogP contribution in [0.1, 0.15) is 17.2 Å². The van der Waals surface area contributed by atoms with Crippen molar-refractivity contribution in [2.24, 2.45) is 0 Å². The molecule has 0 aliphatic heterocycles. The lowest BCUT2D eigenvalue weighted by molar-refractivity contribution is -0.137. The maximum absolute atomic E-state index is 12.4. The molecular formula is C10H9BrClF3O2. The first-order valence-electron chi connectivity index (χ1n) is 4.56. The van der Waals surface area contributed by atoms with Crippen molar-refractivity contribution in [1.82, 2.24) is 0 Å². The predicted octanol–water partition coefficient (Wildman–Crippen LogP) is 3.10. The minimum Gasteiger partial charge on any atom is -0.389 e. The normalized spacial score (nSPS) is 15.7. The van der Waals surface area contributed by atoms with Gasteiger partial charge >= 0.3 is 6.18 Å². The molecule has 2 atom stereocenters. The molecule has 2 unspecified atom stereocenters. The van der Waals surface area contributed by atoms with Gasteiger partial charge in [0.2, 0.25) is 0 Å². The summed E-state index contributed by atoms with van der Waals surface area (Å²) in [6.45, 7) is 0. The van der Waals surface area contributed by atoms with Crippen molar-refractivity contribution in [2.75, 3.05) is 5.88 Å². The van der Waals surface area contributed by atoms with E-state index in [2.05, 4.69) is 15.9 Å². The van der Waals surface area contributed by atoms with Crippen molar-refractivity contribution >= 4 is 27.5 Å². The number of halogens is 5.